The summed E-state index contributed by atoms with van der Waals surface area (Å²) in [6, 6.07) is 0.561. The zero-order valence-corrected chi connectivity index (χ0v) is 12.9. The van der Waals surface area contributed by atoms with Crippen molar-refractivity contribution in [1.29, 1.82) is 0 Å². The van der Waals surface area contributed by atoms with Gasteiger partial charge in [-0.05, 0) is 55.9 Å². The first kappa shape index (κ1) is 14.3. The average molecular weight is 253 g/mol. The minimum absolute atomic E-state index is 0.0805. The molecule has 0 bridgehead atoms. The van der Waals surface area contributed by atoms with Gasteiger partial charge in [-0.3, -0.25) is 0 Å². The van der Waals surface area contributed by atoms with E-state index in [-0.39, 0.29) is 6.10 Å². The molecule has 0 spiro atoms. The van der Waals surface area contributed by atoms with Gasteiger partial charge >= 0.3 is 0 Å². The Morgan fingerprint density at radius 3 is 2.33 bits per heavy atom. The van der Waals surface area contributed by atoms with Gasteiger partial charge in [-0.2, -0.15) is 0 Å². The van der Waals surface area contributed by atoms with Gasteiger partial charge in [-0.1, -0.05) is 27.7 Å². The Morgan fingerprint density at radius 1 is 1.22 bits per heavy atom. The van der Waals surface area contributed by atoms with Gasteiger partial charge in [0.15, 0.2) is 0 Å². The van der Waals surface area contributed by atoms with Gasteiger partial charge in [0.05, 0.1) is 6.10 Å². The van der Waals surface area contributed by atoms with Crippen molar-refractivity contribution in [2.75, 3.05) is 13.6 Å². The van der Waals surface area contributed by atoms with Crippen LogP contribution in [-0.2, 0) is 0 Å². The maximum Gasteiger partial charge on any atom is 0.0555 e. The zero-order valence-electron chi connectivity index (χ0n) is 12.9. The smallest absolute Gasteiger partial charge is 0.0555 e. The highest BCUT2D eigenvalue weighted by Crippen LogP contribution is 2.47. The maximum atomic E-state index is 10.00. The second kappa shape index (κ2) is 4.79. The van der Waals surface area contributed by atoms with Crippen LogP contribution < -0.4 is 0 Å². The van der Waals surface area contributed by atoms with Gasteiger partial charge in [-0.25, -0.2) is 0 Å². The summed E-state index contributed by atoms with van der Waals surface area (Å²) < 4.78 is 0. The molecule has 0 aromatic rings. The molecule has 2 nitrogen and oxygen atoms in total. The number of aliphatic hydroxyl groups is 1. The van der Waals surface area contributed by atoms with E-state index in [1.54, 1.807) is 0 Å². The summed E-state index contributed by atoms with van der Waals surface area (Å²) in [5.74, 6) is 0.716. The second-order valence-electron chi connectivity index (χ2n) is 8.23. The third-order valence-electron chi connectivity index (χ3n) is 5.20. The fourth-order valence-electron chi connectivity index (χ4n) is 3.71. The largest absolute Gasteiger partial charge is 0.393 e. The van der Waals surface area contributed by atoms with Crippen LogP contribution in [0.5, 0.6) is 0 Å². The van der Waals surface area contributed by atoms with E-state index in [1.807, 2.05) is 0 Å². The molecule has 1 N–H and O–H groups in total. The molecule has 0 heterocycles. The van der Waals surface area contributed by atoms with Gasteiger partial charge in [0.1, 0.15) is 0 Å². The van der Waals surface area contributed by atoms with Crippen molar-refractivity contribution >= 4 is 0 Å². The van der Waals surface area contributed by atoms with Crippen molar-refractivity contribution in [3.63, 3.8) is 0 Å². The Balaban J connectivity index is 2.04. The summed E-state index contributed by atoms with van der Waals surface area (Å²) >= 11 is 0. The molecule has 2 saturated carbocycles. The molecule has 2 fully saturated rings. The predicted molar refractivity (Wildman–Crippen MR) is 76.6 cm³/mol. The lowest BCUT2D eigenvalue weighted by Crippen LogP contribution is -2.49. The number of rotatable bonds is 3. The van der Waals surface area contributed by atoms with E-state index in [9.17, 15) is 5.11 Å². The van der Waals surface area contributed by atoms with Crippen LogP contribution in [0.1, 0.15) is 59.8 Å². The monoisotopic (exact) mass is 253 g/mol. The van der Waals surface area contributed by atoms with Crippen LogP contribution in [0.15, 0.2) is 0 Å². The Bertz CT molecular complexity index is 290. The third-order valence-corrected chi connectivity index (χ3v) is 5.20. The summed E-state index contributed by atoms with van der Waals surface area (Å²) in [5, 5.41) is 10.00. The molecule has 0 radical (unpaired) electrons. The minimum Gasteiger partial charge on any atom is -0.393 e. The lowest BCUT2D eigenvalue weighted by molar-refractivity contribution is -0.00749. The molecule has 0 aromatic heterocycles. The number of hydrogen-bond donors (Lipinski definition) is 1. The number of aliphatic hydroxyl groups excluding tert-OH is 1. The normalized spacial score (nSPS) is 35.8. The lowest BCUT2D eigenvalue weighted by atomic mass is 9.68. The molecule has 0 saturated heterocycles. The second-order valence-corrected chi connectivity index (χ2v) is 8.23. The van der Waals surface area contributed by atoms with E-state index >= 15 is 0 Å². The summed E-state index contributed by atoms with van der Waals surface area (Å²) in [7, 11) is 2.27. The molecule has 3 unspecified atom stereocenters. The Hall–Kier alpha value is -0.0800. The maximum absolute atomic E-state index is 10.00. The minimum atomic E-state index is -0.0805. The summed E-state index contributed by atoms with van der Waals surface area (Å²) in [5.41, 5.74) is 0.920. The third kappa shape index (κ3) is 3.27. The van der Waals surface area contributed by atoms with E-state index in [2.05, 4.69) is 39.6 Å². The van der Waals surface area contributed by atoms with Crippen molar-refractivity contribution in [1.82, 2.24) is 4.90 Å². The number of nitrogens with zero attached hydrogens (tertiary/aromatic N) is 1. The highest BCUT2D eigenvalue weighted by molar-refractivity contribution is 4.96. The molecular weight excluding hydrogens is 222 g/mol. The quantitative estimate of drug-likeness (QED) is 0.834. The van der Waals surface area contributed by atoms with Crippen LogP contribution in [0.3, 0.4) is 0 Å². The van der Waals surface area contributed by atoms with E-state index in [1.165, 1.54) is 25.8 Å². The molecule has 2 aliphatic carbocycles. The van der Waals surface area contributed by atoms with Crippen LogP contribution in [0.25, 0.3) is 0 Å². The number of hydrogen-bond acceptors (Lipinski definition) is 2. The molecule has 0 aromatic carbocycles. The highest BCUT2D eigenvalue weighted by Gasteiger charge is 2.43. The zero-order chi connectivity index (χ0) is 13.6. The van der Waals surface area contributed by atoms with E-state index in [4.69, 9.17) is 0 Å². The van der Waals surface area contributed by atoms with E-state index in [0.29, 0.717) is 22.8 Å². The van der Waals surface area contributed by atoms with Crippen LogP contribution in [0, 0.1) is 16.7 Å². The van der Waals surface area contributed by atoms with Crippen molar-refractivity contribution < 1.29 is 5.11 Å². The summed E-state index contributed by atoms with van der Waals surface area (Å²) in [6.45, 7) is 10.7. The molecule has 18 heavy (non-hydrogen) atoms. The van der Waals surface area contributed by atoms with Crippen LogP contribution in [0.4, 0.5) is 0 Å². The highest BCUT2D eigenvalue weighted by atomic mass is 16.3. The van der Waals surface area contributed by atoms with Crippen molar-refractivity contribution in [3.05, 3.63) is 0 Å². The molecule has 0 aliphatic heterocycles. The Kier molecular flexibility index (Phi) is 3.81. The lowest BCUT2D eigenvalue weighted by Gasteiger charge is -2.46. The molecule has 2 heteroatoms. The van der Waals surface area contributed by atoms with Gasteiger partial charge in [0, 0.05) is 12.6 Å². The fourth-order valence-corrected chi connectivity index (χ4v) is 3.71. The topological polar surface area (TPSA) is 23.5 Å². The van der Waals surface area contributed by atoms with Crippen molar-refractivity contribution in [3.8, 4) is 0 Å². The molecule has 2 aliphatic rings. The van der Waals surface area contributed by atoms with Crippen molar-refractivity contribution in [2.45, 2.75) is 71.9 Å². The summed E-state index contributed by atoms with van der Waals surface area (Å²) in [6.07, 6.45) is 5.82. The van der Waals surface area contributed by atoms with Gasteiger partial charge in [0.2, 0.25) is 0 Å². The molecule has 2 rings (SSSR count). The van der Waals surface area contributed by atoms with Crippen LogP contribution >= 0.6 is 0 Å². The first-order chi connectivity index (χ1) is 8.21. The molecule has 3 atom stereocenters. The van der Waals surface area contributed by atoms with Gasteiger partial charge in [-0.15, -0.1) is 0 Å². The van der Waals surface area contributed by atoms with E-state index < -0.39 is 0 Å². The molecule has 106 valence electrons. The fraction of sp³-hybridized carbons (Fsp3) is 1.00. The SMILES string of the molecule is CN(CC1(C)CC1)C1CC(O)CCC1C(C)(C)C. The van der Waals surface area contributed by atoms with Crippen molar-refractivity contribution in [2.24, 2.45) is 16.7 Å². The van der Waals surface area contributed by atoms with Crippen LogP contribution in [0.2, 0.25) is 0 Å². The first-order valence-corrected chi connectivity index (χ1v) is 7.60. The molecular formula is C16H31NO. The standard InChI is InChI=1S/C16H31NO/c1-15(2,3)13-7-6-12(18)10-14(13)17(5)11-16(4)8-9-16/h12-14,18H,6-11H2,1-5H3. The predicted octanol–water partition coefficient (Wildman–Crippen LogP) is 3.29. The first-order valence-electron chi connectivity index (χ1n) is 7.60. The van der Waals surface area contributed by atoms with E-state index in [0.717, 1.165) is 12.8 Å². The Labute approximate surface area is 113 Å². The Morgan fingerprint density at radius 2 is 1.83 bits per heavy atom. The van der Waals surface area contributed by atoms with Gasteiger partial charge < -0.3 is 10.0 Å². The molecule has 0 amide bonds. The van der Waals surface area contributed by atoms with Crippen LogP contribution in [-0.4, -0.2) is 35.7 Å². The van der Waals surface area contributed by atoms with Gasteiger partial charge in [0.25, 0.3) is 0 Å². The summed E-state index contributed by atoms with van der Waals surface area (Å²) in [4.78, 5) is 2.55. The average Bonchev–Trinajstić information content (AvgIpc) is 2.94.